The second-order valence-corrected chi connectivity index (χ2v) is 3.47. The van der Waals surface area contributed by atoms with E-state index in [0.717, 1.165) is 11.5 Å². The summed E-state index contributed by atoms with van der Waals surface area (Å²) < 4.78 is 3.50. The van der Waals surface area contributed by atoms with Crippen LogP contribution in [0, 0.1) is 0 Å². The van der Waals surface area contributed by atoms with Crippen LogP contribution >= 0.6 is 11.5 Å². The largest absolute Gasteiger partial charge is 0.479 e. The average molecular weight is 231 g/mol. The Kier molecular flexibility index (Phi) is 4.13. The van der Waals surface area contributed by atoms with E-state index in [0.29, 0.717) is 4.88 Å². The highest BCUT2D eigenvalue weighted by atomic mass is 32.1. The number of aliphatic carboxylic acids is 1. The summed E-state index contributed by atoms with van der Waals surface area (Å²) in [6.45, 7) is 0.0875. The van der Waals surface area contributed by atoms with E-state index < -0.39 is 12.1 Å². The first-order valence-corrected chi connectivity index (χ1v) is 4.85. The number of rotatable bonds is 5. The highest BCUT2D eigenvalue weighted by Crippen LogP contribution is 2.01. The number of nitrogens with one attached hydrogen (secondary N) is 1. The highest BCUT2D eigenvalue weighted by molar-refractivity contribution is 7.07. The molecule has 0 radical (unpaired) electrons. The minimum Gasteiger partial charge on any atom is -0.479 e. The molecule has 0 aliphatic heterocycles. The SMILES string of the molecule is O=C(NCC[C@H](O)C(=O)O)c1cnns1. The normalized spacial score (nSPS) is 12.1. The third-order valence-corrected chi connectivity index (χ3v) is 2.24. The number of hydrogen-bond acceptors (Lipinski definition) is 6. The quantitative estimate of drug-likeness (QED) is 0.605. The smallest absolute Gasteiger partial charge is 0.332 e. The summed E-state index contributed by atoms with van der Waals surface area (Å²) in [6.07, 6.45) is -0.175. The maximum Gasteiger partial charge on any atom is 0.332 e. The molecule has 0 fully saturated rings. The van der Waals surface area contributed by atoms with E-state index in [1.165, 1.54) is 6.20 Å². The van der Waals surface area contributed by atoms with E-state index in [-0.39, 0.29) is 18.9 Å². The number of aliphatic hydroxyl groups is 1. The average Bonchev–Trinajstić information content (AvgIpc) is 2.70. The van der Waals surface area contributed by atoms with Gasteiger partial charge in [-0.2, -0.15) is 0 Å². The summed E-state index contributed by atoms with van der Waals surface area (Å²) in [5.41, 5.74) is 0. The molecule has 0 aromatic carbocycles. The molecule has 0 aliphatic rings. The van der Waals surface area contributed by atoms with Gasteiger partial charge in [-0.05, 0) is 11.5 Å². The van der Waals surface area contributed by atoms with Gasteiger partial charge in [-0.25, -0.2) is 4.79 Å². The standard InChI is InChI=1S/C7H9N3O4S/c11-4(7(13)14)1-2-8-6(12)5-3-9-10-15-5/h3-4,11H,1-2H2,(H,8,12)(H,13,14)/t4-/m0/s1. The van der Waals surface area contributed by atoms with Gasteiger partial charge >= 0.3 is 5.97 Å². The van der Waals surface area contributed by atoms with Crippen molar-refractivity contribution in [3.8, 4) is 0 Å². The minimum absolute atomic E-state index is 0.0344. The third kappa shape index (κ3) is 3.60. The van der Waals surface area contributed by atoms with Crippen molar-refractivity contribution in [2.24, 2.45) is 0 Å². The lowest BCUT2D eigenvalue weighted by Gasteiger charge is -2.05. The van der Waals surface area contributed by atoms with Crippen molar-refractivity contribution in [1.29, 1.82) is 0 Å². The molecule has 1 heterocycles. The molecule has 8 heteroatoms. The number of nitrogens with zero attached hydrogens (tertiary/aromatic N) is 2. The summed E-state index contributed by atoms with van der Waals surface area (Å²) in [6, 6.07) is 0. The first-order chi connectivity index (χ1) is 7.11. The van der Waals surface area contributed by atoms with Gasteiger partial charge in [-0.1, -0.05) is 4.49 Å². The molecule has 82 valence electrons. The number of amides is 1. The Morgan fingerprint density at radius 2 is 2.33 bits per heavy atom. The number of aliphatic hydroxyl groups excluding tert-OH is 1. The zero-order valence-corrected chi connectivity index (χ0v) is 8.40. The van der Waals surface area contributed by atoms with Gasteiger partial charge in [0.25, 0.3) is 5.91 Å². The van der Waals surface area contributed by atoms with Gasteiger partial charge in [0.1, 0.15) is 4.88 Å². The molecule has 0 aliphatic carbocycles. The van der Waals surface area contributed by atoms with E-state index in [1.807, 2.05) is 0 Å². The number of carboxylic acids is 1. The summed E-state index contributed by atoms with van der Waals surface area (Å²) >= 11 is 0.944. The van der Waals surface area contributed by atoms with Crippen molar-refractivity contribution in [2.45, 2.75) is 12.5 Å². The fourth-order valence-electron chi connectivity index (χ4n) is 0.800. The fourth-order valence-corrected chi connectivity index (χ4v) is 1.23. The maximum atomic E-state index is 11.2. The van der Waals surface area contributed by atoms with E-state index >= 15 is 0 Å². The maximum absolute atomic E-state index is 11.2. The summed E-state index contributed by atoms with van der Waals surface area (Å²) in [5.74, 6) is -1.67. The lowest BCUT2D eigenvalue weighted by molar-refractivity contribution is -0.146. The van der Waals surface area contributed by atoms with Gasteiger partial charge in [0.15, 0.2) is 6.10 Å². The van der Waals surface area contributed by atoms with Crippen molar-refractivity contribution < 1.29 is 19.8 Å². The van der Waals surface area contributed by atoms with Crippen molar-refractivity contribution in [3.63, 3.8) is 0 Å². The van der Waals surface area contributed by atoms with E-state index in [1.54, 1.807) is 0 Å². The zero-order chi connectivity index (χ0) is 11.3. The number of aromatic nitrogens is 2. The Bertz CT molecular complexity index is 340. The second-order valence-electron chi connectivity index (χ2n) is 2.68. The summed E-state index contributed by atoms with van der Waals surface area (Å²) in [4.78, 5) is 21.8. The molecule has 1 aromatic heterocycles. The Morgan fingerprint density at radius 3 is 2.87 bits per heavy atom. The van der Waals surface area contributed by atoms with Gasteiger partial charge in [0, 0.05) is 13.0 Å². The first kappa shape index (κ1) is 11.5. The van der Waals surface area contributed by atoms with Crippen molar-refractivity contribution in [2.75, 3.05) is 6.54 Å². The van der Waals surface area contributed by atoms with Crippen LogP contribution in [0.4, 0.5) is 0 Å². The van der Waals surface area contributed by atoms with Crippen molar-refractivity contribution in [3.05, 3.63) is 11.1 Å². The Hall–Kier alpha value is -1.54. The Morgan fingerprint density at radius 1 is 1.60 bits per heavy atom. The molecule has 1 rings (SSSR count). The second kappa shape index (κ2) is 5.37. The van der Waals surface area contributed by atoms with Crippen LogP contribution in [0.25, 0.3) is 0 Å². The number of carbonyl (C=O) groups excluding carboxylic acids is 1. The first-order valence-electron chi connectivity index (χ1n) is 4.07. The Labute approximate surface area is 88.9 Å². The van der Waals surface area contributed by atoms with Gasteiger partial charge in [-0.15, -0.1) is 5.10 Å². The van der Waals surface area contributed by atoms with Crippen LogP contribution < -0.4 is 5.32 Å². The number of carbonyl (C=O) groups is 2. The Balaban J connectivity index is 2.27. The topological polar surface area (TPSA) is 112 Å². The van der Waals surface area contributed by atoms with Crippen LogP contribution in [0.2, 0.25) is 0 Å². The third-order valence-electron chi connectivity index (χ3n) is 1.57. The predicted octanol–water partition coefficient (Wildman–Crippen LogP) is -0.897. The van der Waals surface area contributed by atoms with Crippen molar-refractivity contribution in [1.82, 2.24) is 14.9 Å². The zero-order valence-electron chi connectivity index (χ0n) is 7.58. The van der Waals surface area contributed by atoms with Crippen molar-refractivity contribution >= 4 is 23.4 Å². The molecule has 1 atom stereocenters. The van der Waals surface area contributed by atoms with Gasteiger partial charge in [0.2, 0.25) is 0 Å². The molecule has 0 unspecified atom stereocenters. The molecular weight excluding hydrogens is 222 g/mol. The predicted molar refractivity (Wildman–Crippen MR) is 50.5 cm³/mol. The summed E-state index contributed by atoms with van der Waals surface area (Å²) in [7, 11) is 0. The fraction of sp³-hybridized carbons (Fsp3) is 0.429. The molecule has 0 bridgehead atoms. The van der Waals surface area contributed by atoms with Crippen LogP contribution in [-0.4, -0.2) is 44.3 Å². The molecule has 1 aromatic rings. The molecule has 0 saturated heterocycles. The van der Waals surface area contributed by atoms with Crippen LogP contribution in [-0.2, 0) is 4.79 Å². The lowest BCUT2D eigenvalue weighted by atomic mass is 10.2. The highest BCUT2D eigenvalue weighted by Gasteiger charge is 2.13. The number of carboxylic acid groups (broad SMARTS) is 1. The van der Waals surface area contributed by atoms with Crippen LogP contribution in [0.5, 0.6) is 0 Å². The van der Waals surface area contributed by atoms with Crippen LogP contribution in [0.3, 0.4) is 0 Å². The van der Waals surface area contributed by atoms with E-state index in [2.05, 4.69) is 14.9 Å². The molecule has 0 saturated carbocycles. The molecule has 7 nitrogen and oxygen atoms in total. The van der Waals surface area contributed by atoms with Gasteiger partial charge < -0.3 is 15.5 Å². The van der Waals surface area contributed by atoms with E-state index in [9.17, 15) is 9.59 Å². The van der Waals surface area contributed by atoms with Gasteiger partial charge in [0.05, 0.1) is 6.20 Å². The van der Waals surface area contributed by atoms with Crippen LogP contribution in [0.15, 0.2) is 6.20 Å². The van der Waals surface area contributed by atoms with Crippen LogP contribution in [0.1, 0.15) is 16.1 Å². The molecule has 1 amide bonds. The lowest BCUT2D eigenvalue weighted by Crippen LogP contribution is -2.29. The van der Waals surface area contributed by atoms with Gasteiger partial charge in [-0.3, -0.25) is 4.79 Å². The van der Waals surface area contributed by atoms with E-state index in [4.69, 9.17) is 10.2 Å². The monoisotopic (exact) mass is 231 g/mol. The molecule has 3 N–H and O–H groups in total. The number of hydrogen-bond donors (Lipinski definition) is 3. The summed E-state index contributed by atoms with van der Waals surface area (Å²) in [5, 5.41) is 23.2. The molecule has 15 heavy (non-hydrogen) atoms. The minimum atomic E-state index is -1.45. The molecular formula is C7H9N3O4S. The molecule has 0 spiro atoms.